The highest BCUT2D eigenvalue weighted by Crippen LogP contribution is 2.24. The van der Waals surface area contributed by atoms with Gasteiger partial charge in [-0.3, -0.25) is 9.59 Å². The van der Waals surface area contributed by atoms with E-state index in [1.807, 2.05) is 42.2 Å². The molecule has 0 unspecified atom stereocenters. The van der Waals surface area contributed by atoms with E-state index in [2.05, 4.69) is 4.90 Å². The number of benzene rings is 2. The van der Waals surface area contributed by atoms with Crippen LogP contribution in [0.15, 0.2) is 48.5 Å². The summed E-state index contributed by atoms with van der Waals surface area (Å²) >= 11 is 0. The van der Waals surface area contributed by atoms with Gasteiger partial charge in [-0.25, -0.2) is 4.39 Å². The summed E-state index contributed by atoms with van der Waals surface area (Å²) < 4.78 is 14.0. The third-order valence-corrected chi connectivity index (χ3v) is 5.50. The first-order valence-corrected chi connectivity index (χ1v) is 10.1. The molecule has 2 aromatic carbocycles. The predicted molar refractivity (Wildman–Crippen MR) is 112 cm³/mol. The lowest BCUT2D eigenvalue weighted by Crippen LogP contribution is -2.37. The van der Waals surface area contributed by atoms with Crippen molar-refractivity contribution in [2.75, 3.05) is 32.7 Å². The van der Waals surface area contributed by atoms with E-state index in [0.29, 0.717) is 44.6 Å². The molecule has 1 fully saturated rings. The lowest BCUT2D eigenvalue weighted by Gasteiger charge is -2.23. The molecule has 2 aromatic rings. The van der Waals surface area contributed by atoms with E-state index in [1.165, 1.54) is 6.07 Å². The second kappa shape index (κ2) is 9.65. The molecular formula is C23H28FN3O2. The zero-order chi connectivity index (χ0) is 20.8. The molecule has 3 rings (SSSR count). The van der Waals surface area contributed by atoms with Crippen molar-refractivity contribution >= 4 is 11.8 Å². The van der Waals surface area contributed by atoms with Crippen LogP contribution >= 0.6 is 0 Å². The summed E-state index contributed by atoms with van der Waals surface area (Å²) in [6, 6.07) is 14.4. The number of nitrogens with two attached hydrogens (primary N) is 1. The van der Waals surface area contributed by atoms with Gasteiger partial charge in [0.15, 0.2) is 0 Å². The van der Waals surface area contributed by atoms with E-state index < -0.39 is 0 Å². The van der Waals surface area contributed by atoms with Crippen LogP contribution in [0.1, 0.15) is 18.9 Å². The average molecular weight is 397 g/mol. The normalized spacial score (nSPS) is 17.9. The zero-order valence-electron chi connectivity index (χ0n) is 16.8. The molecule has 5 nitrogen and oxygen atoms in total. The predicted octanol–water partition coefficient (Wildman–Crippen LogP) is 2.69. The zero-order valence-corrected chi connectivity index (χ0v) is 16.8. The quantitative estimate of drug-likeness (QED) is 0.781. The van der Waals surface area contributed by atoms with Crippen molar-refractivity contribution < 1.29 is 14.0 Å². The molecule has 1 atom stereocenters. The van der Waals surface area contributed by atoms with E-state index in [4.69, 9.17) is 5.73 Å². The first kappa shape index (κ1) is 21.0. The average Bonchev–Trinajstić information content (AvgIpc) is 2.86. The Balaban J connectivity index is 1.74. The van der Waals surface area contributed by atoms with Gasteiger partial charge in [-0.1, -0.05) is 42.5 Å². The number of hydrogen-bond donors (Lipinski definition) is 1. The van der Waals surface area contributed by atoms with Crippen LogP contribution in [0.4, 0.5) is 4.39 Å². The highest BCUT2D eigenvalue weighted by Gasteiger charge is 2.29. The number of carbonyl (C=O) groups excluding carboxylic acids is 2. The molecule has 0 saturated carbocycles. The molecule has 1 heterocycles. The standard InChI is InChI=1S/C23H28FN3O2/c1-2-27-14-13-26(12-11-22(25)28)16-19(23(27)29)15-17-7-9-18(10-8-17)20-5-3-4-6-21(20)24/h3-10,19H,2,11-16H2,1H3,(H2,25,28)/t19-/m0/s1. The highest BCUT2D eigenvalue weighted by atomic mass is 19.1. The summed E-state index contributed by atoms with van der Waals surface area (Å²) in [5.74, 6) is -0.604. The van der Waals surface area contributed by atoms with Crippen LogP contribution in [0.3, 0.4) is 0 Å². The van der Waals surface area contributed by atoms with Gasteiger partial charge in [0.1, 0.15) is 5.82 Å². The fourth-order valence-electron chi connectivity index (χ4n) is 3.85. The summed E-state index contributed by atoms with van der Waals surface area (Å²) in [5.41, 5.74) is 7.71. The molecule has 0 bridgehead atoms. The summed E-state index contributed by atoms with van der Waals surface area (Å²) in [6.45, 7) is 5.25. The fourth-order valence-corrected chi connectivity index (χ4v) is 3.85. The smallest absolute Gasteiger partial charge is 0.227 e. The topological polar surface area (TPSA) is 66.6 Å². The minimum absolute atomic E-state index is 0.146. The molecule has 0 radical (unpaired) electrons. The van der Waals surface area contributed by atoms with Gasteiger partial charge in [-0.05, 0) is 30.5 Å². The minimum Gasteiger partial charge on any atom is -0.370 e. The number of rotatable bonds is 7. The maximum absolute atomic E-state index is 14.0. The molecule has 2 amide bonds. The molecule has 6 heteroatoms. The summed E-state index contributed by atoms with van der Waals surface area (Å²) in [6.07, 6.45) is 0.907. The molecule has 29 heavy (non-hydrogen) atoms. The summed E-state index contributed by atoms with van der Waals surface area (Å²) in [7, 11) is 0. The molecule has 154 valence electrons. The van der Waals surface area contributed by atoms with Gasteiger partial charge in [0, 0.05) is 44.7 Å². The van der Waals surface area contributed by atoms with Crippen molar-refractivity contribution in [2.24, 2.45) is 11.7 Å². The van der Waals surface area contributed by atoms with Crippen molar-refractivity contribution in [3.8, 4) is 11.1 Å². The second-order valence-corrected chi connectivity index (χ2v) is 7.51. The van der Waals surface area contributed by atoms with Crippen molar-refractivity contribution in [1.29, 1.82) is 0 Å². The number of nitrogens with zero attached hydrogens (tertiary/aromatic N) is 2. The summed E-state index contributed by atoms with van der Waals surface area (Å²) in [4.78, 5) is 28.1. The van der Waals surface area contributed by atoms with Crippen LogP contribution in [0.2, 0.25) is 0 Å². The number of halogens is 1. The van der Waals surface area contributed by atoms with Crippen molar-refractivity contribution in [2.45, 2.75) is 19.8 Å². The first-order chi connectivity index (χ1) is 14.0. The first-order valence-electron chi connectivity index (χ1n) is 10.1. The second-order valence-electron chi connectivity index (χ2n) is 7.51. The maximum Gasteiger partial charge on any atom is 0.227 e. The molecule has 1 aliphatic heterocycles. The van der Waals surface area contributed by atoms with Gasteiger partial charge < -0.3 is 15.5 Å². The van der Waals surface area contributed by atoms with E-state index >= 15 is 0 Å². The Kier molecular flexibility index (Phi) is 6.99. The minimum atomic E-state index is -0.326. The third kappa shape index (κ3) is 5.41. The third-order valence-electron chi connectivity index (χ3n) is 5.50. The lowest BCUT2D eigenvalue weighted by atomic mass is 9.95. The number of primary amides is 1. The molecule has 0 spiro atoms. The van der Waals surface area contributed by atoms with Gasteiger partial charge in [0.25, 0.3) is 0 Å². The maximum atomic E-state index is 14.0. The van der Waals surface area contributed by atoms with Gasteiger partial charge in [0.05, 0.1) is 5.92 Å². The van der Waals surface area contributed by atoms with Crippen molar-refractivity contribution in [3.05, 3.63) is 59.9 Å². The summed E-state index contributed by atoms with van der Waals surface area (Å²) in [5, 5.41) is 0. The van der Waals surface area contributed by atoms with E-state index in [0.717, 1.165) is 17.7 Å². The highest BCUT2D eigenvalue weighted by molar-refractivity contribution is 5.80. The van der Waals surface area contributed by atoms with Gasteiger partial charge >= 0.3 is 0 Å². The van der Waals surface area contributed by atoms with Gasteiger partial charge in [-0.15, -0.1) is 0 Å². The Labute approximate surface area is 171 Å². The van der Waals surface area contributed by atoms with Gasteiger partial charge in [-0.2, -0.15) is 0 Å². The Morgan fingerprint density at radius 3 is 2.52 bits per heavy atom. The number of hydrogen-bond acceptors (Lipinski definition) is 3. The van der Waals surface area contributed by atoms with Crippen LogP contribution in [-0.4, -0.2) is 54.3 Å². The lowest BCUT2D eigenvalue weighted by molar-refractivity contribution is -0.134. The largest absolute Gasteiger partial charge is 0.370 e. The Hall–Kier alpha value is -2.73. The number of amides is 2. The Morgan fingerprint density at radius 1 is 1.14 bits per heavy atom. The molecule has 0 aliphatic carbocycles. The molecule has 1 saturated heterocycles. The molecule has 1 aliphatic rings. The van der Waals surface area contributed by atoms with Crippen LogP contribution < -0.4 is 5.73 Å². The monoisotopic (exact) mass is 397 g/mol. The van der Waals surface area contributed by atoms with E-state index in [9.17, 15) is 14.0 Å². The van der Waals surface area contributed by atoms with E-state index in [-0.39, 0.29) is 23.5 Å². The van der Waals surface area contributed by atoms with E-state index in [1.54, 1.807) is 12.1 Å². The van der Waals surface area contributed by atoms with Gasteiger partial charge in [0.2, 0.25) is 11.8 Å². The SMILES string of the molecule is CCN1CCN(CCC(N)=O)C[C@H](Cc2ccc(-c3ccccc3F)cc2)C1=O. The van der Waals surface area contributed by atoms with Crippen molar-refractivity contribution in [3.63, 3.8) is 0 Å². The Morgan fingerprint density at radius 2 is 1.86 bits per heavy atom. The molecule has 0 aromatic heterocycles. The number of likely N-dealkylation sites (N-methyl/N-ethyl adjacent to an activating group) is 1. The Bertz CT molecular complexity index is 853. The van der Waals surface area contributed by atoms with Crippen LogP contribution in [0.25, 0.3) is 11.1 Å². The fraction of sp³-hybridized carbons (Fsp3) is 0.391. The van der Waals surface area contributed by atoms with Crippen LogP contribution in [-0.2, 0) is 16.0 Å². The molecular weight excluding hydrogens is 369 g/mol. The van der Waals surface area contributed by atoms with Crippen LogP contribution in [0.5, 0.6) is 0 Å². The number of carbonyl (C=O) groups is 2. The van der Waals surface area contributed by atoms with Crippen molar-refractivity contribution in [1.82, 2.24) is 9.80 Å². The van der Waals surface area contributed by atoms with Crippen LogP contribution in [0, 0.1) is 11.7 Å². The molecule has 2 N–H and O–H groups in total.